The summed E-state index contributed by atoms with van der Waals surface area (Å²) in [6, 6.07) is 0. The van der Waals surface area contributed by atoms with Crippen LogP contribution in [-0.2, 0) is 17.1 Å². The summed E-state index contributed by atoms with van der Waals surface area (Å²) in [6.07, 6.45) is 0. The third-order valence-corrected chi connectivity index (χ3v) is 6.04. The van der Waals surface area contributed by atoms with Crippen molar-refractivity contribution in [3.63, 3.8) is 0 Å². The van der Waals surface area contributed by atoms with Gasteiger partial charge in [-0.25, -0.2) is 0 Å². The largest absolute Gasteiger partial charge is 0.668 e. The van der Waals surface area contributed by atoms with Crippen molar-refractivity contribution in [3.8, 4) is 0 Å². The Balaban J connectivity index is 0. The second-order valence-corrected chi connectivity index (χ2v) is 14.0. The van der Waals surface area contributed by atoms with Crippen molar-refractivity contribution in [2.24, 2.45) is 0 Å². The molecule has 0 fully saturated rings. The molecule has 0 amide bonds. The Labute approximate surface area is 77.6 Å². The van der Waals surface area contributed by atoms with Gasteiger partial charge in [-0.05, 0) is 0 Å². The fourth-order valence-electron chi connectivity index (χ4n) is 1.01. The van der Waals surface area contributed by atoms with Crippen LogP contribution in [0.25, 0.3) is 4.65 Å². The number of hydrogen-bond donors (Lipinski definition) is 0. The number of nitrogens with zero attached hydrogens (tertiary/aromatic N) is 1. The topological polar surface area (TPSA) is 14.1 Å². The molecule has 1 nitrogen and oxygen atoms in total. The Morgan fingerprint density at radius 1 is 0.700 bits per heavy atom. The van der Waals surface area contributed by atoms with Crippen LogP contribution in [0.3, 0.4) is 0 Å². The van der Waals surface area contributed by atoms with Crippen molar-refractivity contribution >= 4 is 16.5 Å². The molecule has 0 saturated heterocycles. The molecule has 0 bridgehead atoms. The standard InChI is InChI=1S/C6H18NSi2.Fe/c1-8(2,3)7-9(4,5)6;/h1-6H3;/q-1;. The molecule has 0 aliphatic rings. The van der Waals surface area contributed by atoms with E-state index in [1.165, 1.54) is 0 Å². The smallest absolute Gasteiger partial charge is 0 e. The van der Waals surface area contributed by atoms with Gasteiger partial charge >= 0.3 is 0 Å². The molecule has 0 radical (unpaired) electrons. The van der Waals surface area contributed by atoms with Gasteiger partial charge in [-0.1, -0.05) is 55.8 Å². The number of hydrogen-bond acceptors (Lipinski definition) is 0. The van der Waals surface area contributed by atoms with Gasteiger partial charge < -0.3 is 4.65 Å². The van der Waals surface area contributed by atoms with E-state index in [0.29, 0.717) is 0 Å². The van der Waals surface area contributed by atoms with Gasteiger partial charge in [0.05, 0.1) is 0 Å². The van der Waals surface area contributed by atoms with Gasteiger partial charge in [-0.3, -0.25) is 0 Å². The second kappa shape index (κ2) is 4.07. The molecule has 0 heterocycles. The molecule has 10 heavy (non-hydrogen) atoms. The minimum atomic E-state index is -1.11. The van der Waals surface area contributed by atoms with Crippen molar-refractivity contribution in [2.75, 3.05) is 0 Å². The van der Waals surface area contributed by atoms with E-state index in [1.807, 2.05) is 0 Å². The zero-order valence-corrected chi connectivity index (χ0v) is 10.9. The predicted octanol–water partition coefficient (Wildman–Crippen LogP) is 3.03. The zero-order chi connectivity index (χ0) is 7.71. The molecule has 0 aliphatic carbocycles. The van der Waals surface area contributed by atoms with Crippen LogP contribution in [0.1, 0.15) is 0 Å². The maximum atomic E-state index is 4.82. The monoisotopic (exact) mass is 216 g/mol. The normalized spacial score (nSPS) is 12.6. The Kier molecular flexibility index (Phi) is 5.49. The molecule has 0 aromatic carbocycles. The molecule has 0 aromatic rings. The van der Waals surface area contributed by atoms with E-state index in [2.05, 4.69) is 39.3 Å². The first-order valence-electron chi connectivity index (χ1n) is 3.45. The molecule has 0 unspecified atom stereocenters. The molecule has 0 N–H and O–H groups in total. The summed E-state index contributed by atoms with van der Waals surface area (Å²) in [6.45, 7) is 13.8. The van der Waals surface area contributed by atoms with E-state index in [-0.39, 0.29) is 17.1 Å². The summed E-state index contributed by atoms with van der Waals surface area (Å²) in [5.74, 6) is 0. The average Bonchev–Trinajstić information content (AvgIpc) is 1.14. The van der Waals surface area contributed by atoms with Crippen LogP contribution in [0.4, 0.5) is 0 Å². The van der Waals surface area contributed by atoms with E-state index >= 15 is 0 Å². The van der Waals surface area contributed by atoms with Gasteiger partial charge in [-0.15, -0.1) is 0 Å². The third-order valence-electron chi connectivity index (χ3n) is 0.671. The average molecular weight is 216 g/mol. The molecule has 0 saturated carbocycles. The molecular weight excluding hydrogens is 198 g/mol. The summed E-state index contributed by atoms with van der Waals surface area (Å²) < 4.78 is 4.82. The van der Waals surface area contributed by atoms with Crippen molar-refractivity contribution in [1.82, 2.24) is 0 Å². The summed E-state index contributed by atoms with van der Waals surface area (Å²) in [5, 5.41) is 0. The van der Waals surface area contributed by atoms with Gasteiger partial charge in [0.15, 0.2) is 0 Å². The first-order chi connectivity index (χ1) is 3.71. The molecular formula is C6H18FeNSi2-. The summed E-state index contributed by atoms with van der Waals surface area (Å²) in [4.78, 5) is 0. The molecule has 0 aromatic heterocycles. The molecule has 0 aliphatic heterocycles. The molecule has 4 heteroatoms. The summed E-state index contributed by atoms with van der Waals surface area (Å²) in [5.41, 5.74) is 0. The van der Waals surface area contributed by atoms with Crippen molar-refractivity contribution < 1.29 is 17.1 Å². The zero-order valence-electron chi connectivity index (χ0n) is 7.80. The minimum Gasteiger partial charge on any atom is -0.668 e. The van der Waals surface area contributed by atoms with Crippen LogP contribution in [0, 0.1) is 0 Å². The van der Waals surface area contributed by atoms with Crippen LogP contribution in [0.5, 0.6) is 0 Å². The second-order valence-electron chi connectivity index (χ2n) is 4.45. The van der Waals surface area contributed by atoms with Crippen LogP contribution in [0.15, 0.2) is 0 Å². The van der Waals surface area contributed by atoms with Crippen LogP contribution >= 0.6 is 0 Å². The Hall–Kier alpha value is 0.913. The molecule has 0 atom stereocenters. The van der Waals surface area contributed by atoms with E-state index < -0.39 is 16.5 Å². The van der Waals surface area contributed by atoms with Crippen molar-refractivity contribution in [1.29, 1.82) is 0 Å². The summed E-state index contributed by atoms with van der Waals surface area (Å²) in [7, 11) is -2.21. The van der Waals surface area contributed by atoms with Crippen LogP contribution in [0.2, 0.25) is 39.3 Å². The fraction of sp³-hybridized carbons (Fsp3) is 1.00. The predicted molar refractivity (Wildman–Crippen MR) is 50.1 cm³/mol. The van der Waals surface area contributed by atoms with Gasteiger partial charge in [0.2, 0.25) is 0 Å². The van der Waals surface area contributed by atoms with E-state index in [4.69, 9.17) is 4.65 Å². The Morgan fingerprint density at radius 3 is 0.900 bits per heavy atom. The first kappa shape index (κ1) is 13.5. The van der Waals surface area contributed by atoms with Gasteiger partial charge in [0.1, 0.15) is 0 Å². The maximum Gasteiger partial charge on any atom is 0 e. The van der Waals surface area contributed by atoms with Gasteiger partial charge in [0.25, 0.3) is 0 Å². The van der Waals surface area contributed by atoms with Crippen LogP contribution in [-0.4, -0.2) is 16.5 Å². The van der Waals surface area contributed by atoms with E-state index in [0.717, 1.165) is 0 Å². The van der Waals surface area contributed by atoms with E-state index in [9.17, 15) is 0 Å². The SMILES string of the molecule is C[Si](C)(C)[N-][Si](C)(C)C.[Fe]. The van der Waals surface area contributed by atoms with Crippen LogP contribution < -0.4 is 0 Å². The maximum absolute atomic E-state index is 4.82. The molecule has 64 valence electrons. The molecule has 0 rings (SSSR count). The Morgan fingerprint density at radius 2 is 0.900 bits per heavy atom. The van der Waals surface area contributed by atoms with Gasteiger partial charge in [0, 0.05) is 17.1 Å². The minimum absolute atomic E-state index is 0. The molecule has 0 spiro atoms. The number of rotatable bonds is 2. The first-order valence-corrected chi connectivity index (χ1v) is 10.3. The quantitative estimate of drug-likeness (QED) is 0.630. The Bertz CT molecular complexity index is 80.9. The van der Waals surface area contributed by atoms with Crippen molar-refractivity contribution in [2.45, 2.75) is 39.3 Å². The fourth-order valence-corrected chi connectivity index (χ4v) is 9.06. The van der Waals surface area contributed by atoms with Crippen molar-refractivity contribution in [3.05, 3.63) is 4.65 Å². The third kappa shape index (κ3) is 11.7. The summed E-state index contributed by atoms with van der Waals surface area (Å²) >= 11 is 0. The van der Waals surface area contributed by atoms with E-state index in [1.54, 1.807) is 0 Å². The van der Waals surface area contributed by atoms with Gasteiger partial charge in [-0.2, -0.15) is 0 Å².